The van der Waals surface area contributed by atoms with E-state index in [1.807, 2.05) is 0 Å². The van der Waals surface area contributed by atoms with Crippen LogP contribution in [0.25, 0.3) is 0 Å². The molecule has 0 radical (unpaired) electrons. The van der Waals surface area contributed by atoms with Crippen molar-refractivity contribution in [1.82, 2.24) is 5.43 Å². The Morgan fingerprint density at radius 3 is 2.73 bits per heavy atom. The molecular weight excluding hydrogens is 367 g/mol. The van der Waals surface area contributed by atoms with Crippen molar-refractivity contribution in [1.29, 1.82) is 0 Å². The summed E-state index contributed by atoms with van der Waals surface area (Å²) >= 11 is 18.9. The largest absolute Gasteiger partial charge is 0.479 e. The second-order valence-electron chi connectivity index (χ2n) is 4.21. The number of ether oxygens (including phenoxy) is 1. The van der Waals surface area contributed by atoms with Crippen molar-refractivity contribution in [2.45, 2.75) is 13.0 Å². The van der Waals surface area contributed by atoms with Crippen LogP contribution < -0.4 is 10.2 Å². The van der Waals surface area contributed by atoms with E-state index in [0.717, 1.165) is 4.88 Å². The van der Waals surface area contributed by atoms with Gasteiger partial charge < -0.3 is 4.74 Å². The molecule has 0 spiro atoms. The van der Waals surface area contributed by atoms with E-state index < -0.39 is 12.0 Å². The summed E-state index contributed by atoms with van der Waals surface area (Å²) < 4.78 is 6.13. The first-order valence-electron chi connectivity index (χ1n) is 6.15. The van der Waals surface area contributed by atoms with E-state index in [2.05, 4.69) is 10.5 Å². The van der Waals surface area contributed by atoms with Crippen molar-refractivity contribution in [3.05, 3.63) is 49.6 Å². The molecule has 0 aliphatic rings. The number of rotatable bonds is 5. The normalized spacial score (nSPS) is 12.4. The molecule has 0 aliphatic carbocycles. The third-order valence-electron chi connectivity index (χ3n) is 2.53. The van der Waals surface area contributed by atoms with Crippen LogP contribution in [-0.4, -0.2) is 18.2 Å². The van der Waals surface area contributed by atoms with Gasteiger partial charge in [-0.15, -0.1) is 11.3 Å². The summed E-state index contributed by atoms with van der Waals surface area (Å²) in [5.41, 5.74) is 2.39. The highest BCUT2D eigenvalue weighted by Crippen LogP contribution is 2.28. The summed E-state index contributed by atoms with van der Waals surface area (Å²) in [4.78, 5) is 12.7. The smallest absolute Gasteiger partial charge is 0.280 e. The van der Waals surface area contributed by atoms with Crippen LogP contribution in [0.1, 0.15) is 11.8 Å². The minimum atomic E-state index is -0.761. The van der Waals surface area contributed by atoms with Crippen molar-refractivity contribution in [2.75, 3.05) is 0 Å². The molecule has 0 saturated carbocycles. The molecule has 0 fully saturated rings. The summed E-state index contributed by atoms with van der Waals surface area (Å²) in [5, 5.41) is 4.68. The third kappa shape index (κ3) is 4.88. The second-order valence-corrected chi connectivity index (χ2v) is 6.80. The van der Waals surface area contributed by atoms with E-state index in [1.165, 1.54) is 17.6 Å². The molecule has 2 aromatic rings. The maximum atomic E-state index is 11.9. The van der Waals surface area contributed by atoms with Gasteiger partial charge in [-0.3, -0.25) is 4.79 Å². The quantitative estimate of drug-likeness (QED) is 0.610. The lowest BCUT2D eigenvalue weighted by Gasteiger charge is -2.14. The van der Waals surface area contributed by atoms with Crippen LogP contribution in [0, 0.1) is 0 Å². The van der Waals surface area contributed by atoms with Gasteiger partial charge in [-0.1, -0.05) is 34.8 Å². The van der Waals surface area contributed by atoms with Gasteiger partial charge in [0.15, 0.2) is 6.10 Å². The van der Waals surface area contributed by atoms with Crippen molar-refractivity contribution < 1.29 is 9.53 Å². The topological polar surface area (TPSA) is 50.7 Å². The molecule has 22 heavy (non-hydrogen) atoms. The Balaban J connectivity index is 1.90. The number of halogens is 3. The summed E-state index contributed by atoms with van der Waals surface area (Å²) in [5.74, 6) is -0.0207. The molecule has 8 heteroatoms. The Morgan fingerprint density at radius 1 is 1.32 bits per heavy atom. The van der Waals surface area contributed by atoms with E-state index in [-0.39, 0.29) is 0 Å². The van der Waals surface area contributed by atoms with Crippen molar-refractivity contribution in [3.63, 3.8) is 0 Å². The molecule has 4 nitrogen and oxygen atoms in total. The molecule has 1 amide bonds. The van der Waals surface area contributed by atoms with E-state index in [1.54, 1.807) is 37.3 Å². The summed E-state index contributed by atoms with van der Waals surface area (Å²) in [6, 6.07) is 8.33. The average Bonchev–Trinajstić information content (AvgIpc) is 2.87. The Kier molecular flexibility index (Phi) is 6.08. The van der Waals surface area contributed by atoms with E-state index in [9.17, 15) is 4.79 Å². The fourth-order valence-electron chi connectivity index (χ4n) is 1.46. The molecule has 0 saturated heterocycles. The number of benzene rings is 1. The number of nitrogens with one attached hydrogen (secondary N) is 1. The fraction of sp³-hybridized carbons (Fsp3) is 0.143. The highest BCUT2D eigenvalue weighted by atomic mass is 35.5. The number of hydrazone groups is 1. The van der Waals surface area contributed by atoms with Gasteiger partial charge in [0.05, 0.1) is 15.6 Å². The average molecular weight is 378 g/mol. The minimum Gasteiger partial charge on any atom is -0.479 e. The molecule has 1 unspecified atom stereocenters. The lowest BCUT2D eigenvalue weighted by molar-refractivity contribution is -0.127. The summed E-state index contributed by atoms with van der Waals surface area (Å²) in [6.07, 6.45) is 0.749. The van der Waals surface area contributed by atoms with Gasteiger partial charge in [0.1, 0.15) is 5.75 Å². The van der Waals surface area contributed by atoms with Crippen LogP contribution in [0.3, 0.4) is 0 Å². The molecule has 1 aromatic heterocycles. The van der Waals surface area contributed by atoms with E-state index in [4.69, 9.17) is 39.5 Å². The van der Waals surface area contributed by atoms with Gasteiger partial charge in [0.2, 0.25) is 0 Å². The van der Waals surface area contributed by atoms with Gasteiger partial charge in [0, 0.05) is 9.90 Å². The zero-order chi connectivity index (χ0) is 16.1. The highest BCUT2D eigenvalue weighted by Gasteiger charge is 2.15. The monoisotopic (exact) mass is 376 g/mol. The maximum Gasteiger partial charge on any atom is 0.280 e. The molecule has 1 aromatic carbocycles. The molecule has 0 aliphatic heterocycles. The number of nitrogens with zero attached hydrogens (tertiary/aromatic N) is 1. The first-order valence-corrected chi connectivity index (χ1v) is 8.10. The van der Waals surface area contributed by atoms with Crippen LogP contribution in [0.2, 0.25) is 14.4 Å². The SMILES string of the molecule is CC(Oc1ccc(Cl)cc1Cl)C(=O)N/N=C/c1ccc(Cl)s1. The van der Waals surface area contributed by atoms with Gasteiger partial charge in [-0.25, -0.2) is 5.43 Å². The lowest BCUT2D eigenvalue weighted by atomic mass is 10.3. The zero-order valence-electron chi connectivity index (χ0n) is 11.3. The minimum absolute atomic E-state index is 0.337. The predicted octanol–water partition coefficient (Wildman–Crippen LogP) is 4.63. The lowest BCUT2D eigenvalue weighted by Crippen LogP contribution is -2.33. The molecule has 1 N–H and O–H groups in total. The van der Waals surface area contributed by atoms with Gasteiger partial charge in [0.25, 0.3) is 5.91 Å². The molecule has 1 atom stereocenters. The highest BCUT2D eigenvalue weighted by molar-refractivity contribution is 7.17. The Morgan fingerprint density at radius 2 is 2.09 bits per heavy atom. The number of hydrogen-bond acceptors (Lipinski definition) is 4. The van der Waals surface area contributed by atoms with Crippen LogP contribution in [0.5, 0.6) is 5.75 Å². The van der Waals surface area contributed by atoms with Gasteiger partial charge >= 0.3 is 0 Å². The first kappa shape index (κ1) is 17.1. The van der Waals surface area contributed by atoms with Crippen molar-refractivity contribution in [2.24, 2.45) is 5.10 Å². The first-order chi connectivity index (χ1) is 10.5. The second kappa shape index (κ2) is 7.83. The summed E-state index contributed by atoms with van der Waals surface area (Å²) in [6.45, 7) is 1.60. The molecule has 1 heterocycles. The number of carbonyl (C=O) groups excluding carboxylic acids is 1. The van der Waals surface area contributed by atoms with E-state index in [0.29, 0.717) is 20.1 Å². The maximum absolute atomic E-state index is 11.9. The standard InChI is InChI=1S/C14H11Cl3N2O2S/c1-8(21-12-4-2-9(15)6-11(12)16)14(20)19-18-7-10-3-5-13(17)22-10/h2-8H,1H3,(H,19,20)/b18-7+. The zero-order valence-corrected chi connectivity index (χ0v) is 14.4. The predicted molar refractivity (Wildman–Crippen MR) is 91.6 cm³/mol. The molecule has 116 valence electrons. The van der Waals surface area contributed by atoms with Crippen LogP contribution in [0.15, 0.2) is 35.4 Å². The number of carbonyl (C=O) groups is 1. The molecule has 0 bridgehead atoms. The number of thiophene rings is 1. The molecular formula is C14H11Cl3N2O2S. The Labute approximate surface area is 146 Å². The molecule has 2 rings (SSSR count). The van der Waals surface area contributed by atoms with Gasteiger partial charge in [-0.2, -0.15) is 5.10 Å². The number of hydrogen-bond donors (Lipinski definition) is 1. The van der Waals surface area contributed by atoms with Crippen molar-refractivity contribution in [3.8, 4) is 5.75 Å². The van der Waals surface area contributed by atoms with E-state index >= 15 is 0 Å². The van der Waals surface area contributed by atoms with Crippen LogP contribution in [-0.2, 0) is 4.79 Å². The summed E-state index contributed by atoms with van der Waals surface area (Å²) in [7, 11) is 0. The van der Waals surface area contributed by atoms with Crippen molar-refractivity contribution >= 4 is 58.3 Å². The Hall–Kier alpha value is -1.27. The third-order valence-corrected chi connectivity index (χ3v) is 4.22. The number of amides is 1. The van der Waals surface area contributed by atoms with Gasteiger partial charge in [-0.05, 0) is 37.3 Å². The fourth-order valence-corrected chi connectivity index (χ4v) is 2.85. The van der Waals surface area contributed by atoms with Crippen LogP contribution in [0.4, 0.5) is 0 Å². The Bertz CT molecular complexity index is 703. The van der Waals surface area contributed by atoms with Crippen LogP contribution >= 0.6 is 46.1 Å².